The standard InChI is InChI=1S/C14H19ClN8O/c1-2-22(13(24)6-5-12(19-16)20-17)11-9-23(21-14(11)15)10-4-3-7-18-8-10/h3-4,7-9H,2,5-6,16-17H2,1H3,(H,19,20). The molecular weight excluding hydrogens is 332 g/mol. The average Bonchev–Trinajstić information content (AvgIpc) is 2.99. The molecule has 0 spiro atoms. The molecule has 0 aromatic carbocycles. The van der Waals surface area contributed by atoms with E-state index in [1.54, 1.807) is 34.2 Å². The highest BCUT2D eigenvalue weighted by Gasteiger charge is 2.20. The van der Waals surface area contributed by atoms with E-state index in [1.165, 1.54) is 0 Å². The van der Waals surface area contributed by atoms with Crippen LogP contribution in [-0.2, 0) is 4.79 Å². The van der Waals surface area contributed by atoms with Gasteiger partial charge in [-0.1, -0.05) is 11.6 Å². The lowest BCUT2D eigenvalue weighted by atomic mass is 10.2. The Bertz CT molecular complexity index is 715. The van der Waals surface area contributed by atoms with Gasteiger partial charge in [0.05, 0.1) is 18.1 Å². The largest absolute Gasteiger partial charge is 0.322 e. The number of carbonyl (C=O) groups excluding carboxylic acids is 1. The summed E-state index contributed by atoms with van der Waals surface area (Å²) in [7, 11) is 0. The Balaban J connectivity index is 2.18. The van der Waals surface area contributed by atoms with Crippen LogP contribution in [-0.4, -0.2) is 33.1 Å². The molecule has 9 nitrogen and oxygen atoms in total. The molecule has 0 unspecified atom stereocenters. The average molecular weight is 351 g/mol. The van der Waals surface area contributed by atoms with Gasteiger partial charge in [0.1, 0.15) is 11.5 Å². The van der Waals surface area contributed by atoms with Crippen LogP contribution >= 0.6 is 11.6 Å². The molecule has 0 radical (unpaired) electrons. The van der Waals surface area contributed by atoms with Crippen molar-refractivity contribution in [1.29, 1.82) is 0 Å². The predicted molar refractivity (Wildman–Crippen MR) is 92.6 cm³/mol. The molecule has 0 aliphatic carbocycles. The van der Waals surface area contributed by atoms with Gasteiger partial charge in [0.2, 0.25) is 5.91 Å². The number of anilines is 1. The molecule has 0 aliphatic heterocycles. The second-order valence-corrected chi connectivity index (χ2v) is 5.18. The molecule has 0 aliphatic rings. The van der Waals surface area contributed by atoms with Gasteiger partial charge in [-0.25, -0.2) is 10.5 Å². The van der Waals surface area contributed by atoms with Crippen molar-refractivity contribution >= 4 is 29.0 Å². The number of hydrogen-bond donors (Lipinski definition) is 3. The van der Waals surface area contributed by atoms with Gasteiger partial charge in [-0.05, 0) is 19.1 Å². The zero-order valence-corrected chi connectivity index (χ0v) is 13.9. The first kappa shape index (κ1) is 17.7. The summed E-state index contributed by atoms with van der Waals surface area (Å²) >= 11 is 6.21. The fourth-order valence-corrected chi connectivity index (χ4v) is 2.39. The summed E-state index contributed by atoms with van der Waals surface area (Å²) in [5, 5.41) is 7.92. The molecule has 24 heavy (non-hydrogen) atoms. The van der Waals surface area contributed by atoms with E-state index in [0.717, 1.165) is 5.69 Å². The van der Waals surface area contributed by atoms with E-state index < -0.39 is 0 Å². The van der Waals surface area contributed by atoms with Gasteiger partial charge in [-0.3, -0.25) is 9.78 Å². The van der Waals surface area contributed by atoms with Gasteiger partial charge in [-0.15, -0.1) is 0 Å². The van der Waals surface area contributed by atoms with Crippen LogP contribution in [0.4, 0.5) is 5.69 Å². The van der Waals surface area contributed by atoms with Gasteiger partial charge in [0.25, 0.3) is 0 Å². The van der Waals surface area contributed by atoms with Gasteiger partial charge >= 0.3 is 0 Å². The number of hydrogen-bond acceptors (Lipinski definition) is 6. The van der Waals surface area contributed by atoms with E-state index in [0.29, 0.717) is 24.5 Å². The molecule has 0 fully saturated rings. The van der Waals surface area contributed by atoms with Crippen molar-refractivity contribution < 1.29 is 4.79 Å². The first-order valence-corrected chi connectivity index (χ1v) is 7.67. The number of rotatable bonds is 6. The van der Waals surface area contributed by atoms with Crippen molar-refractivity contribution in [3.8, 4) is 5.69 Å². The Labute approximate surface area is 144 Å². The minimum atomic E-state index is -0.137. The van der Waals surface area contributed by atoms with E-state index in [2.05, 4.69) is 20.6 Å². The molecule has 0 atom stereocenters. The number of hydrazine groups is 1. The number of halogens is 1. The smallest absolute Gasteiger partial charge is 0.227 e. The Kier molecular flexibility index (Phi) is 6.10. The molecule has 1 amide bonds. The van der Waals surface area contributed by atoms with Gasteiger partial charge in [-0.2, -0.15) is 10.2 Å². The van der Waals surface area contributed by atoms with Gasteiger partial charge < -0.3 is 16.2 Å². The number of nitrogens with zero attached hydrogens (tertiary/aromatic N) is 5. The molecule has 128 valence electrons. The van der Waals surface area contributed by atoms with E-state index >= 15 is 0 Å². The number of amides is 1. The number of aromatic nitrogens is 3. The van der Waals surface area contributed by atoms with Crippen molar-refractivity contribution in [2.75, 3.05) is 11.4 Å². The number of hydrazone groups is 1. The minimum absolute atomic E-state index is 0.137. The minimum Gasteiger partial charge on any atom is -0.322 e. The fraction of sp³-hybridized carbons (Fsp3) is 0.286. The highest BCUT2D eigenvalue weighted by atomic mass is 35.5. The van der Waals surface area contributed by atoms with Crippen LogP contribution in [0.2, 0.25) is 5.15 Å². The Hall–Kier alpha value is -2.65. The first-order chi connectivity index (χ1) is 11.6. The van der Waals surface area contributed by atoms with Crippen LogP contribution in [0, 0.1) is 0 Å². The summed E-state index contributed by atoms with van der Waals surface area (Å²) < 4.78 is 1.58. The van der Waals surface area contributed by atoms with E-state index in [4.69, 9.17) is 23.3 Å². The number of pyridine rings is 1. The lowest BCUT2D eigenvalue weighted by molar-refractivity contribution is -0.118. The highest BCUT2D eigenvalue weighted by Crippen LogP contribution is 2.26. The van der Waals surface area contributed by atoms with Crippen LogP contribution in [0.3, 0.4) is 0 Å². The zero-order valence-electron chi connectivity index (χ0n) is 13.2. The number of carbonyl (C=O) groups is 1. The van der Waals surface area contributed by atoms with E-state index in [-0.39, 0.29) is 17.5 Å². The summed E-state index contributed by atoms with van der Waals surface area (Å²) in [5.74, 6) is 10.6. The molecular formula is C14H19ClN8O. The second-order valence-electron chi connectivity index (χ2n) is 4.82. The maximum Gasteiger partial charge on any atom is 0.227 e. The number of amidine groups is 1. The normalized spacial score (nSPS) is 11.4. The third-order valence-electron chi connectivity index (χ3n) is 3.37. The van der Waals surface area contributed by atoms with E-state index in [1.807, 2.05) is 13.0 Å². The van der Waals surface area contributed by atoms with Crippen molar-refractivity contribution in [3.05, 3.63) is 35.9 Å². The number of nitrogens with one attached hydrogen (secondary N) is 1. The molecule has 2 heterocycles. The predicted octanol–water partition coefficient (Wildman–Crippen LogP) is 0.789. The summed E-state index contributed by atoms with van der Waals surface area (Å²) in [4.78, 5) is 18.1. The zero-order chi connectivity index (χ0) is 17.5. The van der Waals surface area contributed by atoms with Crippen molar-refractivity contribution in [2.24, 2.45) is 16.8 Å². The van der Waals surface area contributed by atoms with Gasteiger partial charge in [0, 0.05) is 25.6 Å². The Morgan fingerprint density at radius 2 is 2.29 bits per heavy atom. The monoisotopic (exact) mass is 350 g/mol. The van der Waals surface area contributed by atoms with E-state index in [9.17, 15) is 4.79 Å². The SMILES string of the molecule is CCN(C(=O)CC/C(=N/N)NN)c1cn(-c2cccnc2)nc1Cl. The third kappa shape index (κ3) is 4.00. The Morgan fingerprint density at radius 3 is 2.88 bits per heavy atom. The van der Waals surface area contributed by atoms with Crippen LogP contribution < -0.4 is 22.0 Å². The third-order valence-corrected chi connectivity index (χ3v) is 3.64. The second kappa shape index (κ2) is 8.27. The summed E-state index contributed by atoms with van der Waals surface area (Å²) in [5.41, 5.74) is 3.62. The summed E-state index contributed by atoms with van der Waals surface area (Å²) in [6.07, 6.45) is 5.50. The molecule has 5 N–H and O–H groups in total. The van der Waals surface area contributed by atoms with Crippen LogP contribution in [0.1, 0.15) is 19.8 Å². The summed E-state index contributed by atoms with van der Waals surface area (Å²) in [6.45, 7) is 2.30. The van der Waals surface area contributed by atoms with Gasteiger partial charge in [0.15, 0.2) is 5.15 Å². The summed E-state index contributed by atoms with van der Waals surface area (Å²) in [6, 6.07) is 3.63. The highest BCUT2D eigenvalue weighted by molar-refractivity contribution is 6.32. The first-order valence-electron chi connectivity index (χ1n) is 7.30. The molecule has 2 rings (SSSR count). The van der Waals surface area contributed by atoms with Crippen molar-refractivity contribution in [3.63, 3.8) is 0 Å². The topological polar surface area (TPSA) is 127 Å². The van der Waals surface area contributed by atoms with Crippen LogP contribution in [0.5, 0.6) is 0 Å². The Morgan fingerprint density at radius 1 is 1.50 bits per heavy atom. The lowest BCUT2D eigenvalue weighted by Gasteiger charge is -2.19. The quantitative estimate of drug-likeness (QED) is 0.306. The van der Waals surface area contributed by atoms with Crippen molar-refractivity contribution in [1.82, 2.24) is 20.2 Å². The van der Waals surface area contributed by atoms with Crippen molar-refractivity contribution in [2.45, 2.75) is 19.8 Å². The molecule has 2 aromatic heterocycles. The molecule has 0 bridgehead atoms. The molecule has 0 saturated heterocycles. The molecule has 2 aromatic rings. The molecule has 10 heteroatoms. The number of nitrogens with two attached hydrogens (primary N) is 2. The van der Waals surface area contributed by atoms with Crippen LogP contribution in [0.25, 0.3) is 5.69 Å². The fourth-order valence-electron chi connectivity index (χ4n) is 2.16. The lowest BCUT2D eigenvalue weighted by Crippen LogP contribution is -2.35. The maximum atomic E-state index is 12.5. The maximum absolute atomic E-state index is 12.5. The molecule has 0 saturated carbocycles. The van der Waals surface area contributed by atoms with Crippen LogP contribution in [0.15, 0.2) is 35.8 Å².